The van der Waals surface area contributed by atoms with Crippen molar-refractivity contribution in [1.29, 1.82) is 0 Å². The second-order valence-corrected chi connectivity index (χ2v) is 4.95. The summed E-state index contributed by atoms with van der Waals surface area (Å²) >= 11 is 0. The first-order chi connectivity index (χ1) is 11.7. The molecule has 0 saturated carbocycles. The van der Waals surface area contributed by atoms with Crippen LogP contribution in [0.1, 0.15) is 27.0 Å². The summed E-state index contributed by atoms with van der Waals surface area (Å²) < 4.78 is 129. The molecule has 1 nitrogen and oxygen atoms in total. The van der Waals surface area contributed by atoms with Crippen LogP contribution >= 0.6 is 0 Å². The normalized spacial score (nSPS) is 12.4. The Labute approximate surface area is 137 Å². The van der Waals surface area contributed by atoms with Crippen molar-refractivity contribution in [2.24, 2.45) is 0 Å². The number of halogens is 10. The van der Waals surface area contributed by atoms with Gasteiger partial charge >= 0.3 is 12.4 Å². The van der Waals surface area contributed by atoms with Gasteiger partial charge in [0.2, 0.25) is 0 Å². The van der Waals surface area contributed by atoms with Crippen molar-refractivity contribution in [1.82, 2.24) is 0 Å². The van der Waals surface area contributed by atoms with E-state index < -0.39 is 63.7 Å². The maximum atomic E-state index is 13.5. The third-order valence-corrected chi connectivity index (χ3v) is 3.18. The lowest BCUT2D eigenvalue weighted by Crippen LogP contribution is -2.15. The predicted molar refractivity (Wildman–Crippen MR) is 66.2 cm³/mol. The smallest absolute Gasteiger partial charge is 0.289 e. The predicted octanol–water partition coefficient (Wildman–Crippen LogP) is 5.51. The Morgan fingerprint density at radius 3 is 1.00 bits per heavy atom. The van der Waals surface area contributed by atoms with E-state index in [1.807, 2.05) is 0 Å². The number of rotatable bonds is 2. The van der Waals surface area contributed by atoms with E-state index in [2.05, 4.69) is 0 Å². The minimum absolute atomic E-state index is 0.0400. The molecule has 0 unspecified atom stereocenters. The van der Waals surface area contributed by atoms with Gasteiger partial charge in [-0.3, -0.25) is 4.79 Å². The van der Waals surface area contributed by atoms with Crippen LogP contribution in [0.2, 0.25) is 0 Å². The summed E-state index contributed by atoms with van der Waals surface area (Å²) in [7, 11) is 0. The Morgan fingerprint density at radius 2 is 0.808 bits per heavy atom. The summed E-state index contributed by atoms with van der Waals surface area (Å²) in [5.41, 5.74) is -6.74. The second-order valence-electron chi connectivity index (χ2n) is 4.95. The molecule has 0 fully saturated rings. The minimum Gasteiger partial charge on any atom is -0.289 e. The Balaban J connectivity index is 2.54. The van der Waals surface area contributed by atoms with E-state index in [4.69, 9.17) is 0 Å². The minimum atomic E-state index is -5.41. The van der Waals surface area contributed by atoms with Crippen LogP contribution in [0.15, 0.2) is 24.3 Å². The molecule has 0 atom stereocenters. The molecule has 0 aliphatic carbocycles. The molecule has 11 heteroatoms. The van der Waals surface area contributed by atoms with Gasteiger partial charge in [-0.1, -0.05) is 0 Å². The van der Waals surface area contributed by atoms with Gasteiger partial charge in [-0.25, -0.2) is 17.6 Å². The van der Waals surface area contributed by atoms with E-state index >= 15 is 0 Å². The summed E-state index contributed by atoms with van der Waals surface area (Å²) in [4.78, 5) is 11.9. The van der Waals surface area contributed by atoms with Crippen molar-refractivity contribution in [2.75, 3.05) is 0 Å². The highest BCUT2D eigenvalue weighted by Gasteiger charge is 2.40. The van der Waals surface area contributed by atoms with Crippen molar-refractivity contribution in [3.63, 3.8) is 0 Å². The van der Waals surface area contributed by atoms with Gasteiger partial charge in [-0.2, -0.15) is 26.3 Å². The Kier molecular flexibility index (Phi) is 4.77. The molecule has 0 bridgehead atoms. The number of hydrogen-bond donors (Lipinski definition) is 0. The average Bonchev–Trinajstić information content (AvgIpc) is 2.41. The summed E-state index contributed by atoms with van der Waals surface area (Å²) in [6.45, 7) is 0. The van der Waals surface area contributed by atoms with Crippen LogP contribution < -0.4 is 0 Å². The maximum Gasteiger partial charge on any atom is 0.422 e. The lowest BCUT2D eigenvalue weighted by atomic mass is 9.99. The van der Waals surface area contributed by atoms with Crippen molar-refractivity contribution in [2.45, 2.75) is 12.4 Å². The zero-order chi connectivity index (χ0) is 20.0. The molecule has 0 aliphatic rings. The van der Waals surface area contributed by atoms with Crippen molar-refractivity contribution < 1.29 is 48.7 Å². The van der Waals surface area contributed by atoms with Gasteiger partial charge in [0.25, 0.3) is 0 Å². The van der Waals surface area contributed by atoms with E-state index in [1.165, 1.54) is 0 Å². The first-order valence-electron chi connectivity index (χ1n) is 6.40. The standard InChI is InChI=1S/C15H4F10O/c16-7-1-5(2-8(17)11(7)14(20,21)22)13(26)6-3-9(18)12(10(19)4-6)15(23,24)25/h1-4H. The Bertz CT molecular complexity index is 761. The number of carbonyl (C=O) groups is 1. The molecule has 2 aromatic carbocycles. The monoisotopic (exact) mass is 390 g/mol. The largest absolute Gasteiger partial charge is 0.422 e. The van der Waals surface area contributed by atoms with Crippen LogP contribution in [-0.4, -0.2) is 5.78 Å². The molecular formula is C15H4F10O. The zero-order valence-corrected chi connectivity index (χ0v) is 12.0. The van der Waals surface area contributed by atoms with Gasteiger partial charge in [-0.05, 0) is 24.3 Å². The highest BCUT2D eigenvalue weighted by atomic mass is 19.4. The fraction of sp³-hybridized carbons (Fsp3) is 0.133. The first-order valence-corrected chi connectivity index (χ1v) is 6.40. The number of hydrogen-bond acceptors (Lipinski definition) is 1. The molecule has 0 spiro atoms. The molecule has 0 saturated heterocycles. The van der Waals surface area contributed by atoms with Crippen LogP contribution in [0, 0.1) is 23.3 Å². The third-order valence-electron chi connectivity index (χ3n) is 3.18. The lowest BCUT2D eigenvalue weighted by Gasteiger charge is -2.12. The molecule has 0 aliphatic heterocycles. The van der Waals surface area contributed by atoms with Crippen LogP contribution in [0.3, 0.4) is 0 Å². The van der Waals surface area contributed by atoms with Gasteiger partial charge in [0.15, 0.2) is 5.78 Å². The highest BCUT2D eigenvalue weighted by Crippen LogP contribution is 2.36. The third kappa shape index (κ3) is 3.65. The molecule has 26 heavy (non-hydrogen) atoms. The molecule has 2 rings (SSSR count). The molecule has 2 aromatic rings. The van der Waals surface area contributed by atoms with Crippen molar-refractivity contribution >= 4 is 5.78 Å². The molecule has 0 heterocycles. The molecule has 0 N–H and O–H groups in total. The molecule has 0 radical (unpaired) electrons. The van der Waals surface area contributed by atoms with Crippen LogP contribution in [0.4, 0.5) is 43.9 Å². The number of benzene rings is 2. The lowest BCUT2D eigenvalue weighted by molar-refractivity contribution is -0.143. The fourth-order valence-corrected chi connectivity index (χ4v) is 2.12. The summed E-state index contributed by atoms with van der Waals surface area (Å²) in [5, 5.41) is 0. The number of ketones is 1. The van der Waals surface area contributed by atoms with Gasteiger partial charge < -0.3 is 0 Å². The van der Waals surface area contributed by atoms with E-state index in [-0.39, 0.29) is 24.3 Å². The SMILES string of the molecule is O=C(c1cc(F)c(C(F)(F)F)c(F)c1)c1cc(F)c(C(F)(F)F)c(F)c1. The average molecular weight is 390 g/mol. The molecular weight excluding hydrogens is 386 g/mol. The van der Waals surface area contributed by atoms with Crippen molar-refractivity contribution in [3.05, 3.63) is 69.8 Å². The number of alkyl halides is 6. The Hall–Kier alpha value is -2.59. The van der Waals surface area contributed by atoms with Gasteiger partial charge in [0.1, 0.15) is 34.4 Å². The first kappa shape index (κ1) is 19.7. The molecule has 0 amide bonds. The summed E-state index contributed by atoms with van der Waals surface area (Å²) in [6, 6.07) is -0.160. The highest BCUT2D eigenvalue weighted by molar-refractivity contribution is 6.09. The van der Waals surface area contributed by atoms with E-state index in [1.54, 1.807) is 0 Å². The summed E-state index contributed by atoms with van der Waals surface area (Å²) in [5.74, 6) is -10.3. The van der Waals surface area contributed by atoms with E-state index in [9.17, 15) is 48.7 Å². The maximum absolute atomic E-state index is 13.5. The van der Waals surface area contributed by atoms with E-state index in [0.717, 1.165) is 0 Å². The van der Waals surface area contributed by atoms with Gasteiger partial charge in [-0.15, -0.1) is 0 Å². The van der Waals surface area contributed by atoms with Crippen LogP contribution in [0.5, 0.6) is 0 Å². The number of carbonyl (C=O) groups excluding carboxylic acids is 1. The topological polar surface area (TPSA) is 17.1 Å². The quantitative estimate of drug-likeness (QED) is 0.488. The van der Waals surface area contributed by atoms with Crippen LogP contribution in [0.25, 0.3) is 0 Å². The van der Waals surface area contributed by atoms with E-state index in [0.29, 0.717) is 0 Å². The van der Waals surface area contributed by atoms with Crippen molar-refractivity contribution in [3.8, 4) is 0 Å². The van der Waals surface area contributed by atoms with Gasteiger partial charge in [0, 0.05) is 11.1 Å². The Morgan fingerprint density at radius 1 is 0.577 bits per heavy atom. The van der Waals surface area contributed by atoms with Gasteiger partial charge in [0.05, 0.1) is 0 Å². The zero-order valence-electron chi connectivity index (χ0n) is 12.0. The fourth-order valence-electron chi connectivity index (χ4n) is 2.12. The molecule has 0 aromatic heterocycles. The van der Waals surface area contributed by atoms with Crippen LogP contribution in [-0.2, 0) is 12.4 Å². The second kappa shape index (κ2) is 6.29. The molecule has 140 valence electrons. The summed E-state index contributed by atoms with van der Waals surface area (Å²) in [6.07, 6.45) is -10.8.